The highest BCUT2D eigenvalue weighted by atomic mass is 16.3. The van der Waals surface area contributed by atoms with Gasteiger partial charge in [0.25, 0.3) is 0 Å². The monoisotopic (exact) mass is 690 g/mol. The second-order valence-corrected chi connectivity index (χ2v) is 13.7. The van der Waals surface area contributed by atoms with Crippen LogP contribution in [0.3, 0.4) is 0 Å². The molecule has 3 aromatic heterocycles. The number of aromatic nitrogens is 4. The Kier molecular flexibility index (Phi) is 4.49. The van der Waals surface area contributed by atoms with Crippen LogP contribution in [-0.4, -0.2) is 19.5 Å². The summed E-state index contributed by atoms with van der Waals surface area (Å²) in [6.07, 6.45) is 0. The molecule has 0 saturated heterocycles. The molecular formula is C48H32N4O. The minimum absolute atomic E-state index is 0.0453. The van der Waals surface area contributed by atoms with Crippen LogP contribution in [0.4, 0.5) is 0 Å². The first-order chi connectivity index (χ1) is 30.2. The molecule has 0 saturated carbocycles. The summed E-state index contributed by atoms with van der Waals surface area (Å²) in [4.78, 5) is 13.6. The van der Waals surface area contributed by atoms with E-state index in [4.69, 9.17) is 18.1 Å². The van der Waals surface area contributed by atoms with Gasteiger partial charge in [0.1, 0.15) is 11.2 Å². The van der Waals surface area contributed by atoms with Crippen molar-refractivity contribution in [1.29, 1.82) is 0 Å². The zero-order chi connectivity index (χ0) is 44.0. The highest BCUT2D eigenvalue weighted by Crippen LogP contribution is 2.53. The Balaban J connectivity index is 1.14. The number of furan rings is 1. The second-order valence-electron chi connectivity index (χ2n) is 13.7. The molecular weight excluding hydrogens is 649 g/mol. The first kappa shape index (κ1) is 21.5. The lowest BCUT2D eigenvalue weighted by Gasteiger charge is -2.22. The molecule has 0 atom stereocenters. The fourth-order valence-corrected chi connectivity index (χ4v) is 8.18. The number of benzene rings is 7. The average molecular weight is 691 g/mol. The molecule has 7 aromatic carbocycles. The smallest absolute Gasteiger partial charge is 0.164 e. The lowest BCUT2D eigenvalue weighted by molar-refractivity contribution is 0.666. The molecule has 53 heavy (non-hydrogen) atoms. The number of fused-ring (bicyclic) bond motifs is 10. The number of hydrogen-bond donors (Lipinski definition) is 0. The van der Waals surface area contributed by atoms with Gasteiger partial charge < -0.3 is 8.98 Å². The molecule has 3 heterocycles. The van der Waals surface area contributed by atoms with E-state index in [1.807, 2.05) is 24.3 Å². The molecule has 5 heteroatoms. The summed E-state index contributed by atoms with van der Waals surface area (Å²) in [5, 5.41) is 3.98. The van der Waals surface area contributed by atoms with Crippen molar-refractivity contribution in [3.05, 3.63) is 169 Å². The SMILES string of the molecule is [2H]c1c([2H])c([2H])c(-c2nc(-c3ccc4c(c3)oc3cccc(-n5c6ccccc6c6c7c(ccc65)-c5ccccc5C7(C)C)c34)nc(-c3c([2H])c([2H])c([2H])c([2H])c3[2H])n2)c([2H])c1[2H]. The van der Waals surface area contributed by atoms with E-state index in [0.717, 1.165) is 32.9 Å². The molecule has 0 radical (unpaired) electrons. The Morgan fingerprint density at radius 2 is 1.23 bits per heavy atom. The van der Waals surface area contributed by atoms with Crippen LogP contribution in [0.5, 0.6) is 0 Å². The fraction of sp³-hybridized carbons (Fsp3) is 0.0625. The topological polar surface area (TPSA) is 56.7 Å². The molecule has 0 unspecified atom stereocenters. The predicted molar refractivity (Wildman–Crippen MR) is 215 cm³/mol. The molecule has 0 spiro atoms. The van der Waals surface area contributed by atoms with E-state index in [1.54, 1.807) is 12.1 Å². The zero-order valence-corrected chi connectivity index (χ0v) is 28.4. The summed E-state index contributed by atoms with van der Waals surface area (Å²) in [6, 6.07) is 26.8. The Labute approximate surface area is 319 Å². The van der Waals surface area contributed by atoms with Gasteiger partial charge in [-0.2, -0.15) is 0 Å². The van der Waals surface area contributed by atoms with Crippen molar-refractivity contribution in [2.75, 3.05) is 0 Å². The minimum atomic E-state index is -0.613. The zero-order valence-electron chi connectivity index (χ0n) is 38.4. The largest absolute Gasteiger partial charge is 0.456 e. The standard InChI is InChI=1S/C48H32N4O/c1-48(2)36-20-11-9-18-32(36)33-26-27-39-43(44(33)48)34-19-10-12-21-37(34)52(39)38-22-13-23-40-42(38)35-25-24-31(28-41(35)53-40)47-50-45(29-14-5-3-6-15-29)49-46(51-47)30-16-7-4-8-17-30/h3-28H,1-2H3/i3D,4D,5D,6D,7D,8D,14D,15D,16D,17D. The number of rotatable bonds is 4. The molecule has 5 nitrogen and oxygen atoms in total. The van der Waals surface area contributed by atoms with Crippen LogP contribution in [0.15, 0.2) is 162 Å². The van der Waals surface area contributed by atoms with Crippen molar-refractivity contribution in [1.82, 2.24) is 19.5 Å². The van der Waals surface area contributed by atoms with E-state index in [1.165, 1.54) is 27.6 Å². The quantitative estimate of drug-likeness (QED) is 0.184. The molecule has 0 aliphatic heterocycles. The molecule has 11 rings (SSSR count). The lowest BCUT2D eigenvalue weighted by atomic mass is 9.80. The van der Waals surface area contributed by atoms with Crippen LogP contribution >= 0.6 is 0 Å². The molecule has 0 amide bonds. The van der Waals surface area contributed by atoms with Gasteiger partial charge in [0.05, 0.1) is 35.8 Å². The van der Waals surface area contributed by atoms with Crippen LogP contribution in [-0.2, 0) is 5.41 Å². The van der Waals surface area contributed by atoms with Crippen molar-refractivity contribution in [2.24, 2.45) is 0 Å². The molecule has 250 valence electrons. The van der Waals surface area contributed by atoms with Gasteiger partial charge in [0.15, 0.2) is 17.5 Å². The maximum Gasteiger partial charge on any atom is 0.164 e. The summed E-state index contributed by atoms with van der Waals surface area (Å²) in [5.41, 5.74) is 8.61. The molecule has 1 aliphatic carbocycles. The van der Waals surface area contributed by atoms with Crippen molar-refractivity contribution >= 4 is 43.7 Å². The Hall–Kier alpha value is -6.85. The summed E-state index contributed by atoms with van der Waals surface area (Å²) in [7, 11) is 0. The van der Waals surface area contributed by atoms with Gasteiger partial charge >= 0.3 is 0 Å². The van der Waals surface area contributed by atoms with Crippen molar-refractivity contribution in [3.8, 4) is 51.0 Å². The predicted octanol–water partition coefficient (Wildman–Crippen LogP) is 12.2. The van der Waals surface area contributed by atoms with Gasteiger partial charge in [0.2, 0.25) is 0 Å². The Bertz CT molecular complexity index is 3540. The van der Waals surface area contributed by atoms with Crippen LogP contribution in [0.25, 0.3) is 94.7 Å². The van der Waals surface area contributed by atoms with Gasteiger partial charge in [-0.1, -0.05) is 135 Å². The number of nitrogens with zero attached hydrogens (tertiary/aromatic N) is 4. The number of hydrogen-bond acceptors (Lipinski definition) is 4. The molecule has 10 aromatic rings. The molecule has 0 fully saturated rings. The summed E-state index contributed by atoms with van der Waals surface area (Å²) >= 11 is 0. The fourth-order valence-electron chi connectivity index (χ4n) is 8.18. The van der Waals surface area contributed by atoms with Crippen molar-refractivity contribution in [2.45, 2.75) is 19.3 Å². The summed E-state index contributed by atoms with van der Waals surface area (Å²) in [5.74, 6) is -0.721. The van der Waals surface area contributed by atoms with Gasteiger partial charge in [-0.3, -0.25) is 0 Å². The van der Waals surface area contributed by atoms with Crippen LogP contribution < -0.4 is 0 Å². The van der Waals surface area contributed by atoms with E-state index in [9.17, 15) is 0 Å². The normalized spacial score (nSPS) is 15.9. The third kappa shape index (κ3) is 4.34. The van der Waals surface area contributed by atoms with E-state index in [2.05, 4.69) is 94.0 Å². The van der Waals surface area contributed by atoms with E-state index in [0.29, 0.717) is 16.7 Å². The van der Waals surface area contributed by atoms with E-state index >= 15 is 0 Å². The van der Waals surface area contributed by atoms with E-state index in [-0.39, 0.29) is 34.0 Å². The van der Waals surface area contributed by atoms with Gasteiger partial charge in [-0.25, -0.2) is 15.0 Å². The summed E-state index contributed by atoms with van der Waals surface area (Å²) < 4.78 is 93.2. The van der Waals surface area contributed by atoms with Crippen LogP contribution in [0, 0.1) is 0 Å². The minimum Gasteiger partial charge on any atom is -0.456 e. The first-order valence-electron chi connectivity index (χ1n) is 22.2. The van der Waals surface area contributed by atoms with Crippen LogP contribution in [0.2, 0.25) is 0 Å². The lowest BCUT2D eigenvalue weighted by Crippen LogP contribution is -2.15. The van der Waals surface area contributed by atoms with Crippen molar-refractivity contribution < 1.29 is 18.1 Å². The number of para-hydroxylation sites is 1. The van der Waals surface area contributed by atoms with Crippen molar-refractivity contribution in [3.63, 3.8) is 0 Å². The van der Waals surface area contributed by atoms with Crippen LogP contribution in [0.1, 0.15) is 38.7 Å². The van der Waals surface area contributed by atoms with E-state index < -0.39 is 60.4 Å². The van der Waals surface area contributed by atoms with Gasteiger partial charge in [-0.05, 0) is 58.7 Å². The molecule has 1 aliphatic rings. The molecule has 0 bridgehead atoms. The summed E-state index contributed by atoms with van der Waals surface area (Å²) in [6.45, 7) is 4.58. The Morgan fingerprint density at radius 1 is 0.547 bits per heavy atom. The average Bonchev–Trinajstić information content (AvgIpc) is 3.91. The first-order valence-corrected chi connectivity index (χ1v) is 17.2. The third-order valence-electron chi connectivity index (χ3n) is 10.4. The maximum absolute atomic E-state index is 8.69. The van der Waals surface area contributed by atoms with Gasteiger partial charge in [0, 0.05) is 38.3 Å². The highest BCUT2D eigenvalue weighted by molar-refractivity contribution is 6.17. The third-order valence-corrected chi connectivity index (χ3v) is 10.4. The van der Waals surface area contributed by atoms with Gasteiger partial charge in [-0.15, -0.1) is 0 Å². The maximum atomic E-state index is 8.69. The second kappa shape index (κ2) is 11.1. The Morgan fingerprint density at radius 3 is 1.98 bits per heavy atom. The molecule has 0 N–H and O–H groups in total. The highest BCUT2D eigenvalue weighted by Gasteiger charge is 2.38.